The van der Waals surface area contributed by atoms with Crippen LogP contribution in [0.25, 0.3) is 0 Å². The van der Waals surface area contributed by atoms with Crippen molar-refractivity contribution in [3.05, 3.63) is 50.4 Å². The molecule has 0 spiro atoms. The van der Waals surface area contributed by atoms with Gasteiger partial charge in [0.25, 0.3) is 11.6 Å². The van der Waals surface area contributed by atoms with E-state index < -0.39 is 16.8 Å². The molecule has 26 heavy (non-hydrogen) atoms. The zero-order valence-electron chi connectivity index (χ0n) is 14.5. The average molecular weight is 378 g/mol. The topological polar surface area (TPSA) is 108 Å². The van der Waals surface area contributed by atoms with Crippen LogP contribution in [-0.4, -0.2) is 30.0 Å². The molecule has 1 aromatic heterocycles. The molecule has 0 unspecified atom stereocenters. The van der Waals surface area contributed by atoms with Gasteiger partial charge in [-0.25, -0.2) is 4.79 Å². The van der Waals surface area contributed by atoms with E-state index in [9.17, 15) is 19.7 Å². The summed E-state index contributed by atoms with van der Waals surface area (Å²) in [6.45, 7) is 5.30. The highest BCUT2D eigenvalue weighted by Crippen LogP contribution is 2.33. The number of carbonyl (C=O) groups is 2. The number of amides is 1. The maximum absolute atomic E-state index is 12.1. The number of ether oxygens (including phenoxy) is 2. The molecular weight excluding hydrogens is 360 g/mol. The first kappa shape index (κ1) is 19.4. The maximum atomic E-state index is 12.1. The Kier molecular flexibility index (Phi) is 6.29. The second kappa shape index (κ2) is 8.43. The normalized spacial score (nSPS) is 10.3. The monoisotopic (exact) mass is 378 g/mol. The van der Waals surface area contributed by atoms with Gasteiger partial charge in [-0.2, -0.15) is 0 Å². The molecule has 0 radical (unpaired) electrons. The number of hydrogen-bond acceptors (Lipinski definition) is 7. The molecule has 0 bridgehead atoms. The number of nitrogens with one attached hydrogen (secondary N) is 1. The number of benzene rings is 1. The number of thiophene rings is 1. The van der Waals surface area contributed by atoms with Gasteiger partial charge in [0.15, 0.2) is 6.61 Å². The molecular formula is C17H18N2O6S. The summed E-state index contributed by atoms with van der Waals surface area (Å²) in [5.74, 6) is -0.606. The average Bonchev–Trinajstić information content (AvgIpc) is 2.87. The van der Waals surface area contributed by atoms with Gasteiger partial charge in [-0.3, -0.25) is 14.9 Å². The Labute approximate surface area is 153 Å². The number of hydrogen-bond donors (Lipinski definition) is 1. The SMILES string of the molecule is CCOC(=O)c1c(NC(=O)COc2ccc([N+](=O)[O-])cc2)sc(C)c1C. The highest BCUT2D eigenvalue weighted by molar-refractivity contribution is 7.16. The summed E-state index contributed by atoms with van der Waals surface area (Å²) in [6.07, 6.45) is 0. The number of nitro groups is 1. The molecule has 0 aliphatic rings. The molecule has 0 saturated carbocycles. The number of carbonyl (C=O) groups excluding carboxylic acids is 2. The van der Waals surface area contributed by atoms with Crippen LogP contribution >= 0.6 is 11.3 Å². The van der Waals surface area contributed by atoms with Gasteiger partial charge in [0, 0.05) is 17.0 Å². The third-order valence-corrected chi connectivity index (χ3v) is 4.66. The molecule has 1 N–H and O–H groups in total. The van der Waals surface area contributed by atoms with Crippen LogP contribution < -0.4 is 10.1 Å². The van der Waals surface area contributed by atoms with Crippen LogP contribution in [0, 0.1) is 24.0 Å². The van der Waals surface area contributed by atoms with Crippen LogP contribution in [0.1, 0.15) is 27.7 Å². The van der Waals surface area contributed by atoms with Crippen molar-refractivity contribution in [3.8, 4) is 5.75 Å². The van der Waals surface area contributed by atoms with E-state index in [1.54, 1.807) is 13.8 Å². The molecule has 1 aromatic carbocycles. The zero-order chi connectivity index (χ0) is 19.3. The Bertz CT molecular complexity index is 829. The van der Waals surface area contributed by atoms with Crippen molar-refractivity contribution in [1.29, 1.82) is 0 Å². The van der Waals surface area contributed by atoms with E-state index in [1.807, 2.05) is 6.92 Å². The Morgan fingerprint density at radius 2 is 1.88 bits per heavy atom. The Balaban J connectivity index is 2.02. The summed E-state index contributed by atoms with van der Waals surface area (Å²) in [5.41, 5.74) is 1.04. The number of esters is 1. The van der Waals surface area contributed by atoms with Gasteiger partial charge < -0.3 is 14.8 Å². The highest BCUT2D eigenvalue weighted by atomic mass is 32.1. The molecule has 0 saturated heterocycles. The summed E-state index contributed by atoms with van der Waals surface area (Å²) in [6, 6.07) is 5.40. The van der Waals surface area contributed by atoms with E-state index >= 15 is 0 Å². The third-order valence-electron chi connectivity index (χ3n) is 3.54. The van der Waals surface area contributed by atoms with Crippen molar-refractivity contribution in [3.63, 3.8) is 0 Å². The Morgan fingerprint density at radius 3 is 2.46 bits per heavy atom. The molecule has 1 amide bonds. The minimum atomic E-state index is -0.519. The lowest BCUT2D eigenvalue weighted by Gasteiger charge is -2.08. The van der Waals surface area contributed by atoms with E-state index in [0.717, 1.165) is 10.4 Å². The van der Waals surface area contributed by atoms with E-state index in [-0.39, 0.29) is 18.9 Å². The summed E-state index contributed by atoms with van der Waals surface area (Å²) in [4.78, 5) is 35.2. The molecule has 1 heterocycles. The van der Waals surface area contributed by atoms with Gasteiger partial charge in [-0.1, -0.05) is 0 Å². The molecule has 0 aliphatic carbocycles. The summed E-state index contributed by atoms with van der Waals surface area (Å²) in [5, 5.41) is 13.7. The quantitative estimate of drug-likeness (QED) is 0.449. The molecule has 9 heteroatoms. The van der Waals surface area contributed by atoms with Gasteiger partial charge in [0.1, 0.15) is 10.8 Å². The molecule has 0 fully saturated rings. The predicted octanol–water partition coefficient (Wildman–Crippen LogP) is 3.47. The van der Waals surface area contributed by atoms with Crippen LogP contribution in [0.5, 0.6) is 5.75 Å². The van der Waals surface area contributed by atoms with Crippen LogP contribution in [0.4, 0.5) is 10.7 Å². The molecule has 0 atom stereocenters. The summed E-state index contributed by atoms with van der Waals surface area (Å²) in [7, 11) is 0. The van der Waals surface area contributed by atoms with Crippen LogP contribution in [0.3, 0.4) is 0 Å². The highest BCUT2D eigenvalue weighted by Gasteiger charge is 2.22. The smallest absolute Gasteiger partial charge is 0.341 e. The molecule has 2 aromatic rings. The second-order valence-electron chi connectivity index (χ2n) is 5.30. The fourth-order valence-electron chi connectivity index (χ4n) is 2.14. The van der Waals surface area contributed by atoms with Crippen LogP contribution in [0.2, 0.25) is 0 Å². The lowest BCUT2D eigenvalue weighted by Crippen LogP contribution is -2.21. The van der Waals surface area contributed by atoms with Crippen LogP contribution in [-0.2, 0) is 9.53 Å². The first-order valence-electron chi connectivity index (χ1n) is 7.77. The van der Waals surface area contributed by atoms with Crippen molar-refractivity contribution in [2.24, 2.45) is 0 Å². The van der Waals surface area contributed by atoms with E-state index in [0.29, 0.717) is 16.3 Å². The van der Waals surface area contributed by atoms with Crippen LogP contribution in [0.15, 0.2) is 24.3 Å². The van der Waals surface area contributed by atoms with E-state index in [2.05, 4.69) is 5.32 Å². The molecule has 8 nitrogen and oxygen atoms in total. The van der Waals surface area contributed by atoms with Crippen molar-refractivity contribution in [2.45, 2.75) is 20.8 Å². The minimum absolute atomic E-state index is 0.0644. The maximum Gasteiger partial charge on any atom is 0.341 e. The van der Waals surface area contributed by atoms with E-state index in [4.69, 9.17) is 9.47 Å². The predicted molar refractivity (Wildman–Crippen MR) is 97.0 cm³/mol. The summed E-state index contributed by atoms with van der Waals surface area (Å²) < 4.78 is 10.3. The number of anilines is 1. The first-order chi connectivity index (χ1) is 12.3. The van der Waals surface area contributed by atoms with Gasteiger partial charge in [0.2, 0.25) is 0 Å². The summed E-state index contributed by atoms with van der Waals surface area (Å²) >= 11 is 1.29. The van der Waals surface area contributed by atoms with Gasteiger partial charge in [-0.05, 0) is 38.5 Å². The number of non-ortho nitro benzene ring substituents is 1. The van der Waals surface area contributed by atoms with Gasteiger partial charge in [-0.15, -0.1) is 11.3 Å². The third kappa shape index (κ3) is 4.57. The van der Waals surface area contributed by atoms with Crippen molar-refractivity contribution in [1.82, 2.24) is 0 Å². The Morgan fingerprint density at radius 1 is 1.23 bits per heavy atom. The molecule has 2 rings (SSSR count). The number of rotatable bonds is 7. The van der Waals surface area contributed by atoms with E-state index in [1.165, 1.54) is 35.6 Å². The first-order valence-corrected chi connectivity index (χ1v) is 8.59. The lowest BCUT2D eigenvalue weighted by atomic mass is 10.1. The van der Waals surface area contributed by atoms with Gasteiger partial charge >= 0.3 is 5.97 Å². The van der Waals surface area contributed by atoms with Gasteiger partial charge in [0.05, 0.1) is 17.1 Å². The number of aryl methyl sites for hydroxylation is 1. The van der Waals surface area contributed by atoms with Crippen molar-refractivity contribution >= 4 is 33.9 Å². The fourth-order valence-corrected chi connectivity index (χ4v) is 3.20. The zero-order valence-corrected chi connectivity index (χ0v) is 15.3. The fraction of sp³-hybridized carbons (Fsp3) is 0.294. The lowest BCUT2D eigenvalue weighted by molar-refractivity contribution is -0.384. The molecule has 0 aliphatic heterocycles. The van der Waals surface area contributed by atoms with Crippen molar-refractivity contribution in [2.75, 3.05) is 18.5 Å². The number of nitro benzene ring substituents is 1. The standard InChI is InChI=1S/C17H18N2O6S/c1-4-24-17(21)15-10(2)11(3)26-16(15)18-14(20)9-25-13-7-5-12(6-8-13)19(22)23/h5-8H,4,9H2,1-3H3,(H,18,20). The Hall–Kier alpha value is -2.94. The minimum Gasteiger partial charge on any atom is -0.484 e. The largest absolute Gasteiger partial charge is 0.484 e. The second-order valence-corrected chi connectivity index (χ2v) is 6.52. The van der Waals surface area contributed by atoms with Crippen molar-refractivity contribution < 1.29 is 24.0 Å². The number of nitrogens with zero attached hydrogens (tertiary/aromatic N) is 1. The molecule has 138 valence electrons.